The Hall–Kier alpha value is -3.81. The number of fused-ring (bicyclic) bond motifs is 1. The van der Waals surface area contributed by atoms with Gasteiger partial charge in [-0.05, 0) is 42.0 Å². The predicted molar refractivity (Wildman–Crippen MR) is 93.6 cm³/mol. The molecule has 0 unspecified atom stereocenters. The van der Waals surface area contributed by atoms with Crippen molar-refractivity contribution in [1.82, 2.24) is 4.98 Å². The zero-order valence-corrected chi connectivity index (χ0v) is 13.5. The molecule has 0 N–H and O–H groups in total. The summed E-state index contributed by atoms with van der Waals surface area (Å²) in [6.45, 7) is 1.26. The van der Waals surface area contributed by atoms with Gasteiger partial charge in [-0.3, -0.25) is 14.9 Å². The zero-order valence-electron chi connectivity index (χ0n) is 13.5. The summed E-state index contributed by atoms with van der Waals surface area (Å²) < 4.78 is 10.1. The van der Waals surface area contributed by atoms with Gasteiger partial charge >= 0.3 is 11.6 Å². The number of carbonyl (C=O) groups is 1. The molecule has 1 aromatic heterocycles. The standard InChI is InChI=1S/C18H12N2O6/c1-11(21)25-14-7-8-16-15(10-14)18(22)26-17(19-16)9-4-12-2-5-13(6-3-12)20(23)24/h2-10H,1H3. The fourth-order valence-corrected chi connectivity index (χ4v) is 2.24. The predicted octanol–water partition coefficient (Wildman–Crippen LogP) is 3.19. The minimum atomic E-state index is -0.618. The molecular weight excluding hydrogens is 340 g/mol. The third-order valence-corrected chi connectivity index (χ3v) is 3.40. The van der Waals surface area contributed by atoms with E-state index in [2.05, 4.69) is 4.98 Å². The highest BCUT2D eigenvalue weighted by Gasteiger charge is 2.08. The van der Waals surface area contributed by atoms with E-state index in [4.69, 9.17) is 9.15 Å². The van der Waals surface area contributed by atoms with Gasteiger partial charge in [-0.25, -0.2) is 9.78 Å². The van der Waals surface area contributed by atoms with E-state index in [9.17, 15) is 19.7 Å². The second-order valence-electron chi connectivity index (χ2n) is 5.29. The molecule has 3 aromatic rings. The third kappa shape index (κ3) is 3.81. The van der Waals surface area contributed by atoms with Crippen LogP contribution in [-0.2, 0) is 4.79 Å². The maximum absolute atomic E-state index is 12.1. The first-order valence-electron chi connectivity index (χ1n) is 7.48. The van der Waals surface area contributed by atoms with Gasteiger partial charge in [0.15, 0.2) is 0 Å². The number of hydrogen-bond donors (Lipinski definition) is 0. The second-order valence-corrected chi connectivity index (χ2v) is 5.29. The summed E-state index contributed by atoms with van der Waals surface area (Å²) in [5, 5.41) is 10.8. The Morgan fingerprint density at radius 2 is 1.92 bits per heavy atom. The first-order chi connectivity index (χ1) is 12.4. The lowest BCUT2D eigenvalue weighted by Crippen LogP contribution is -2.05. The number of carbonyl (C=O) groups excluding carboxylic acids is 1. The Labute approximate surface area is 146 Å². The molecule has 0 atom stereocenters. The van der Waals surface area contributed by atoms with E-state index in [0.29, 0.717) is 11.1 Å². The van der Waals surface area contributed by atoms with Crippen LogP contribution in [0.15, 0.2) is 51.7 Å². The van der Waals surface area contributed by atoms with Crippen molar-refractivity contribution in [2.45, 2.75) is 6.92 Å². The van der Waals surface area contributed by atoms with Crippen LogP contribution in [0.2, 0.25) is 0 Å². The number of nitrogens with zero attached hydrogens (tertiary/aromatic N) is 2. The maximum Gasteiger partial charge on any atom is 0.347 e. The molecular formula is C18H12N2O6. The molecule has 26 heavy (non-hydrogen) atoms. The van der Waals surface area contributed by atoms with E-state index in [-0.39, 0.29) is 22.7 Å². The fraction of sp³-hybridized carbons (Fsp3) is 0.0556. The molecule has 0 amide bonds. The molecule has 0 bridgehead atoms. The number of nitro groups is 1. The Balaban J connectivity index is 1.89. The molecule has 0 saturated heterocycles. The van der Waals surface area contributed by atoms with Crippen LogP contribution in [-0.4, -0.2) is 15.9 Å². The number of ether oxygens (including phenoxy) is 1. The summed E-state index contributed by atoms with van der Waals surface area (Å²) in [6.07, 6.45) is 3.11. The number of aromatic nitrogens is 1. The van der Waals surface area contributed by atoms with Crippen LogP contribution in [0.1, 0.15) is 18.4 Å². The van der Waals surface area contributed by atoms with Crippen molar-refractivity contribution in [1.29, 1.82) is 0 Å². The monoisotopic (exact) mass is 352 g/mol. The summed E-state index contributed by atoms with van der Waals surface area (Å²) in [5.74, 6) is -0.182. The smallest absolute Gasteiger partial charge is 0.347 e. The molecule has 0 aliphatic rings. The summed E-state index contributed by atoms with van der Waals surface area (Å²) >= 11 is 0. The van der Waals surface area contributed by atoms with E-state index < -0.39 is 16.5 Å². The largest absolute Gasteiger partial charge is 0.427 e. The molecule has 0 aliphatic heterocycles. The average molecular weight is 352 g/mol. The van der Waals surface area contributed by atoms with Gasteiger partial charge in [-0.2, -0.15) is 0 Å². The van der Waals surface area contributed by atoms with Gasteiger partial charge < -0.3 is 9.15 Å². The summed E-state index contributed by atoms with van der Waals surface area (Å²) in [5.41, 5.74) is 0.444. The molecule has 2 aromatic carbocycles. The molecule has 3 rings (SSSR count). The van der Waals surface area contributed by atoms with Gasteiger partial charge in [0, 0.05) is 25.1 Å². The molecule has 0 saturated carbocycles. The van der Waals surface area contributed by atoms with Crippen LogP contribution in [0.4, 0.5) is 5.69 Å². The molecule has 130 valence electrons. The third-order valence-electron chi connectivity index (χ3n) is 3.40. The summed E-state index contributed by atoms with van der Waals surface area (Å²) in [6, 6.07) is 10.4. The Morgan fingerprint density at radius 3 is 2.58 bits per heavy atom. The lowest BCUT2D eigenvalue weighted by molar-refractivity contribution is -0.384. The molecule has 0 fully saturated rings. The van der Waals surface area contributed by atoms with Crippen molar-refractivity contribution in [3.63, 3.8) is 0 Å². The van der Waals surface area contributed by atoms with Gasteiger partial charge in [0.25, 0.3) is 5.69 Å². The highest BCUT2D eigenvalue weighted by atomic mass is 16.6. The van der Waals surface area contributed by atoms with Crippen molar-refractivity contribution in [2.24, 2.45) is 0 Å². The van der Waals surface area contributed by atoms with E-state index in [1.165, 1.54) is 37.3 Å². The SMILES string of the molecule is CC(=O)Oc1ccc2nc(C=Cc3ccc([N+](=O)[O-])cc3)oc(=O)c2c1. The van der Waals surface area contributed by atoms with Crippen molar-refractivity contribution in [3.05, 3.63) is 74.5 Å². The fourth-order valence-electron chi connectivity index (χ4n) is 2.24. The number of hydrogen-bond acceptors (Lipinski definition) is 7. The van der Waals surface area contributed by atoms with Crippen molar-refractivity contribution < 1.29 is 18.9 Å². The molecule has 8 nitrogen and oxygen atoms in total. The Kier molecular flexibility index (Phi) is 4.57. The number of non-ortho nitro benzene ring substituents is 1. The minimum absolute atomic E-state index is 0.0129. The van der Waals surface area contributed by atoms with Crippen molar-refractivity contribution >= 4 is 34.7 Å². The van der Waals surface area contributed by atoms with Gasteiger partial charge in [0.2, 0.25) is 5.89 Å². The van der Waals surface area contributed by atoms with Crippen LogP contribution >= 0.6 is 0 Å². The van der Waals surface area contributed by atoms with E-state index in [1.54, 1.807) is 24.3 Å². The normalized spacial score (nSPS) is 11.0. The summed E-state index contributed by atoms with van der Waals surface area (Å²) in [4.78, 5) is 37.5. The molecule has 0 radical (unpaired) electrons. The first kappa shape index (κ1) is 17.0. The summed E-state index contributed by atoms with van der Waals surface area (Å²) in [7, 11) is 0. The Bertz CT molecular complexity index is 1080. The van der Waals surface area contributed by atoms with Crippen LogP contribution in [0.3, 0.4) is 0 Å². The number of esters is 1. The number of benzene rings is 2. The highest BCUT2D eigenvalue weighted by molar-refractivity contribution is 5.81. The van der Waals surface area contributed by atoms with Crippen molar-refractivity contribution in [3.8, 4) is 5.75 Å². The lowest BCUT2D eigenvalue weighted by atomic mass is 10.2. The molecule has 8 heteroatoms. The second kappa shape index (κ2) is 6.98. The first-order valence-corrected chi connectivity index (χ1v) is 7.48. The van der Waals surface area contributed by atoms with Gasteiger partial charge in [0.1, 0.15) is 5.75 Å². The van der Waals surface area contributed by atoms with Crippen molar-refractivity contribution in [2.75, 3.05) is 0 Å². The molecule has 1 heterocycles. The lowest BCUT2D eigenvalue weighted by Gasteiger charge is -2.02. The quantitative estimate of drug-likeness (QED) is 0.307. The van der Waals surface area contributed by atoms with Gasteiger partial charge in [-0.1, -0.05) is 0 Å². The molecule has 0 aliphatic carbocycles. The van der Waals surface area contributed by atoms with E-state index in [1.807, 2.05) is 0 Å². The Morgan fingerprint density at radius 1 is 1.19 bits per heavy atom. The van der Waals surface area contributed by atoms with E-state index >= 15 is 0 Å². The number of rotatable bonds is 4. The van der Waals surface area contributed by atoms with Gasteiger partial charge in [0.05, 0.1) is 15.8 Å². The van der Waals surface area contributed by atoms with Crippen LogP contribution in [0, 0.1) is 10.1 Å². The minimum Gasteiger partial charge on any atom is -0.427 e. The van der Waals surface area contributed by atoms with Gasteiger partial charge in [-0.15, -0.1) is 0 Å². The van der Waals surface area contributed by atoms with Crippen LogP contribution in [0.25, 0.3) is 23.1 Å². The zero-order chi connectivity index (χ0) is 18.7. The van der Waals surface area contributed by atoms with Crippen LogP contribution in [0.5, 0.6) is 5.75 Å². The van der Waals surface area contributed by atoms with E-state index in [0.717, 1.165) is 0 Å². The molecule has 0 spiro atoms. The number of nitro benzene ring substituents is 1. The topological polar surface area (TPSA) is 113 Å². The van der Waals surface area contributed by atoms with Crippen LogP contribution < -0.4 is 10.4 Å². The average Bonchev–Trinajstić information content (AvgIpc) is 2.60. The maximum atomic E-state index is 12.1. The highest BCUT2D eigenvalue weighted by Crippen LogP contribution is 2.18.